The van der Waals surface area contributed by atoms with Crippen LogP contribution in [0.15, 0.2) is 24.3 Å². The lowest BCUT2D eigenvalue weighted by atomic mass is 10.2. The van der Waals surface area contributed by atoms with Crippen LogP contribution in [0.5, 0.6) is 11.5 Å². The molecule has 1 aliphatic rings. The van der Waals surface area contributed by atoms with Crippen molar-refractivity contribution in [2.24, 2.45) is 0 Å². The summed E-state index contributed by atoms with van der Waals surface area (Å²) in [5.74, 6) is 1.83. The third-order valence-electron chi connectivity index (χ3n) is 4.28. The van der Waals surface area contributed by atoms with Gasteiger partial charge < -0.3 is 19.3 Å². The van der Waals surface area contributed by atoms with Gasteiger partial charge in [0.1, 0.15) is 37.7 Å². The Hall–Kier alpha value is -1.26. The Bertz CT molecular complexity index is 417. The molecular weight excluding hydrogens is 276 g/mol. The van der Waals surface area contributed by atoms with E-state index >= 15 is 0 Å². The maximum Gasteiger partial charge on any atom is 0.127 e. The van der Waals surface area contributed by atoms with E-state index in [2.05, 4.69) is 14.0 Å². The highest BCUT2D eigenvalue weighted by molar-refractivity contribution is 5.32. The van der Waals surface area contributed by atoms with Crippen LogP contribution in [0.1, 0.15) is 26.2 Å². The topological polar surface area (TPSA) is 27.3 Å². The van der Waals surface area contributed by atoms with Crippen molar-refractivity contribution in [1.29, 1.82) is 0 Å². The zero-order valence-corrected chi connectivity index (χ0v) is 14.2. The second-order valence-electron chi connectivity index (χ2n) is 6.34. The Morgan fingerprint density at radius 1 is 0.955 bits per heavy atom. The van der Waals surface area contributed by atoms with Gasteiger partial charge in [0.25, 0.3) is 0 Å². The normalized spacial score (nSPS) is 21.5. The summed E-state index contributed by atoms with van der Waals surface area (Å²) in [4.78, 5) is 3.44. The molecule has 2 N–H and O–H groups in total. The first-order valence-corrected chi connectivity index (χ1v) is 8.78. The summed E-state index contributed by atoms with van der Waals surface area (Å²) >= 11 is 0. The number of nitrogens with one attached hydrogen (secondary N) is 2. The van der Waals surface area contributed by atoms with Gasteiger partial charge in [0, 0.05) is 6.07 Å². The van der Waals surface area contributed by atoms with Crippen LogP contribution in [0.25, 0.3) is 0 Å². The molecule has 0 radical (unpaired) electrons. The van der Waals surface area contributed by atoms with Crippen molar-refractivity contribution in [3.63, 3.8) is 0 Å². The van der Waals surface area contributed by atoms with Crippen molar-refractivity contribution in [3.05, 3.63) is 24.3 Å². The summed E-state index contributed by atoms with van der Waals surface area (Å²) in [5, 5.41) is 0. The van der Waals surface area contributed by atoms with Crippen LogP contribution in [0.4, 0.5) is 0 Å². The number of benzene rings is 1. The van der Waals surface area contributed by atoms with Gasteiger partial charge in [-0.2, -0.15) is 0 Å². The fourth-order valence-electron chi connectivity index (χ4n) is 2.82. The van der Waals surface area contributed by atoms with Gasteiger partial charge in [-0.3, -0.25) is 0 Å². The van der Waals surface area contributed by atoms with Crippen LogP contribution >= 0.6 is 0 Å². The van der Waals surface area contributed by atoms with E-state index in [-0.39, 0.29) is 0 Å². The highest BCUT2D eigenvalue weighted by atomic mass is 16.5. The molecule has 0 atom stereocenters. The molecule has 124 valence electrons. The Morgan fingerprint density at radius 2 is 1.64 bits per heavy atom. The van der Waals surface area contributed by atoms with Crippen LogP contribution < -0.4 is 19.3 Å². The van der Waals surface area contributed by atoms with E-state index in [0.717, 1.165) is 37.6 Å². The molecule has 0 spiro atoms. The van der Waals surface area contributed by atoms with Crippen molar-refractivity contribution >= 4 is 0 Å². The molecular formula is C18H32N2O2+2. The molecule has 0 bridgehead atoms. The van der Waals surface area contributed by atoms with Gasteiger partial charge in [0.15, 0.2) is 0 Å². The predicted octanol–water partition coefficient (Wildman–Crippen LogP) is 0.0476. The monoisotopic (exact) mass is 308 g/mol. The number of quaternary nitrogens is 2. The number of rotatable bonds is 9. The van der Waals surface area contributed by atoms with Crippen LogP contribution in [-0.2, 0) is 0 Å². The van der Waals surface area contributed by atoms with E-state index in [9.17, 15) is 0 Å². The van der Waals surface area contributed by atoms with E-state index < -0.39 is 0 Å². The highest BCUT2D eigenvalue weighted by Crippen LogP contribution is 2.19. The molecule has 0 saturated carbocycles. The van der Waals surface area contributed by atoms with E-state index in [0.29, 0.717) is 0 Å². The first-order chi connectivity index (χ1) is 10.8. The minimum atomic E-state index is 0.763. The minimum absolute atomic E-state index is 0.763. The third-order valence-corrected chi connectivity index (χ3v) is 4.28. The van der Waals surface area contributed by atoms with Gasteiger partial charge >= 0.3 is 0 Å². The van der Waals surface area contributed by atoms with E-state index in [1.165, 1.54) is 39.1 Å². The van der Waals surface area contributed by atoms with E-state index in [1.807, 2.05) is 24.3 Å². The van der Waals surface area contributed by atoms with Crippen LogP contribution in [0.2, 0.25) is 0 Å². The Labute approximate surface area is 135 Å². The van der Waals surface area contributed by atoms with Crippen LogP contribution in [-0.4, -0.2) is 53.0 Å². The Balaban J connectivity index is 1.58. The maximum absolute atomic E-state index is 5.84. The summed E-state index contributed by atoms with van der Waals surface area (Å²) in [6, 6.07) is 7.98. The van der Waals surface area contributed by atoms with Crippen molar-refractivity contribution < 1.29 is 19.3 Å². The Kier molecular flexibility index (Phi) is 7.54. The zero-order chi connectivity index (χ0) is 15.6. The summed E-state index contributed by atoms with van der Waals surface area (Å²) in [5.41, 5.74) is 0. The van der Waals surface area contributed by atoms with Crippen molar-refractivity contribution in [2.75, 3.05) is 53.0 Å². The molecule has 1 aromatic rings. The number of hydrogen-bond donors (Lipinski definition) is 2. The molecule has 1 heterocycles. The SMILES string of the molecule is CCCOc1cccc(OCCCC[NH+]2CC[NH+](C)CC2)c1. The summed E-state index contributed by atoms with van der Waals surface area (Å²) in [7, 11) is 2.29. The molecule has 2 rings (SSSR count). The fraction of sp³-hybridized carbons (Fsp3) is 0.667. The second kappa shape index (κ2) is 9.70. The number of hydrogen-bond acceptors (Lipinski definition) is 2. The lowest BCUT2D eigenvalue weighted by molar-refractivity contribution is -1.00. The van der Waals surface area contributed by atoms with Gasteiger partial charge in [0.2, 0.25) is 0 Å². The second-order valence-corrected chi connectivity index (χ2v) is 6.34. The quantitative estimate of drug-likeness (QED) is 0.631. The van der Waals surface area contributed by atoms with Gasteiger partial charge in [0.05, 0.1) is 26.8 Å². The first kappa shape index (κ1) is 17.1. The number of ether oxygens (including phenoxy) is 2. The minimum Gasteiger partial charge on any atom is -0.493 e. The number of unbranched alkanes of at least 4 members (excludes halogenated alkanes) is 1. The lowest BCUT2D eigenvalue weighted by Gasteiger charge is -2.27. The van der Waals surface area contributed by atoms with Crippen LogP contribution in [0.3, 0.4) is 0 Å². The molecule has 0 unspecified atom stereocenters. The van der Waals surface area contributed by atoms with E-state index in [4.69, 9.17) is 9.47 Å². The highest BCUT2D eigenvalue weighted by Gasteiger charge is 2.18. The first-order valence-electron chi connectivity index (χ1n) is 8.78. The third kappa shape index (κ3) is 6.24. The Morgan fingerprint density at radius 3 is 2.32 bits per heavy atom. The van der Waals surface area contributed by atoms with Gasteiger partial charge in [-0.1, -0.05) is 13.0 Å². The van der Waals surface area contributed by atoms with Gasteiger partial charge in [-0.25, -0.2) is 0 Å². The van der Waals surface area contributed by atoms with E-state index in [1.54, 1.807) is 9.80 Å². The molecule has 0 amide bonds. The van der Waals surface area contributed by atoms with Crippen molar-refractivity contribution in [2.45, 2.75) is 26.2 Å². The van der Waals surface area contributed by atoms with Gasteiger partial charge in [-0.05, 0) is 31.4 Å². The molecule has 1 saturated heterocycles. The predicted molar refractivity (Wildman–Crippen MR) is 89.1 cm³/mol. The lowest BCUT2D eigenvalue weighted by Crippen LogP contribution is -3.27. The summed E-state index contributed by atoms with van der Waals surface area (Å²) in [6.45, 7) is 10.2. The van der Waals surface area contributed by atoms with Gasteiger partial charge in [-0.15, -0.1) is 0 Å². The molecule has 1 fully saturated rings. The van der Waals surface area contributed by atoms with Crippen molar-refractivity contribution in [3.8, 4) is 11.5 Å². The summed E-state index contributed by atoms with van der Waals surface area (Å²) < 4.78 is 11.5. The molecule has 4 heteroatoms. The standard InChI is InChI=1S/C18H30N2O2/c1-3-14-21-17-7-6-8-18(16-17)22-15-5-4-9-20-12-10-19(2)11-13-20/h6-8,16H,3-5,9-15H2,1-2H3/p+2. The molecule has 0 aliphatic carbocycles. The summed E-state index contributed by atoms with van der Waals surface area (Å²) in [6.07, 6.45) is 3.41. The average molecular weight is 308 g/mol. The number of piperazine rings is 1. The van der Waals surface area contributed by atoms with Crippen molar-refractivity contribution in [1.82, 2.24) is 0 Å². The smallest absolute Gasteiger partial charge is 0.127 e. The average Bonchev–Trinajstić information content (AvgIpc) is 2.55. The molecule has 1 aliphatic heterocycles. The fourth-order valence-corrected chi connectivity index (χ4v) is 2.82. The molecule has 1 aromatic carbocycles. The largest absolute Gasteiger partial charge is 0.493 e. The molecule has 22 heavy (non-hydrogen) atoms. The number of likely N-dealkylation sites (N-methyl/N-ethyl adjacent to an activating group) is 1. The zero-order valence-electron chi connectivity index (χ0n) is 14.2. The maximum atomic E-state index is 5.84. The molecule has 4 nitrogen and oxygen atoms in total. The van der Waals surface area contributed by atoms with Crippen LogP contribution in [0, 0.1) is 0 Å². The molecule has 0 aromatic heterocycles.